The van der Waals surface area contributed by atoms with E-state index in [4.69, 9.17) is 0 Å². The molecule has 0 amide bonds. The van der Waals surface area contributed by atoms with Gasteiger partial charge in [-0.3, -0.25) is 9.48 Å². The van der Waals surface area contributed by atoms with E-state index in [1.807, 2.05) is 12.3 Å². The molecule has 1 fully saturated rings. The third-order valence-corrected chi connectivity index (χ3v) is 6.19. The fourth-order valence-electron chi connectivity index (χ4n) is 5.31. The smallest absolute Gasteiger partial charge is 0.260 e. The van der Waals surface area contributed by atoms with E-state index in [1.54, 1.807) is 24.0 Å². The molecule has 0 unspecified atom stereocenters. The van der Waals surface area contributed by atoms with Crippen molar-refractivity contribution in [3.8, 4) is 11.4 Å². The Morgan fingerprint density at radius 3 is 2.56 bits per heavy atom. The zero-order valence-corrected chi connectivity index (χ0v) is 19.0. The van der Waals surface area contributed by atoms with Crippen LogP contribution in [0.3, 0.4) is 0 Å². The fraction of sp³-hybridized carbons (Fsp3) is 0.417. The molecule has 0 radical (unpaired) electrons. The SMILES string of the molecule is Cn1cc2cc(-c3nc4ncc(C5CC(C)(C)NC(C)(C)C5)cc4c(=O)[nH]3)cc(F)c2n1. The van der Waals surface area contributed by atoms with E-state index >= 15 is 0 Å². The quantitative estimate of drug-likeness (QED) is 0.497. The second-order valence-corrected chi connectivity index (χ2v) is 10.3. The van der Waals surface area contributed by atoms with Gasteiger partial charge in [0.25, 0.3) is 5.56 Å². The largest absolute Gasteiger partial charge is 0.307 e. The van der Waals surface area contributed by atoms with E-state index in [9.17, 15) is 9.18 Å². The zero-order valence-electron chi connectivity index (χ0n) is 19.0. The number of H-pyrrole nitrogens is 1. The first kappa shape index (κ1) is 20.8. The summed E-state index contributed by atoms with van der Waals surface area (Å²) in [6, 6.07) is 5.01. The summed E-state index contributed by atoms with van der Waals surface area (Å²) in [7, 11) is 1.74. The number of halogens is 1. The summed E-state index contributed by atoms with van der Waals surface area (Å²) in [5.41, 5.74) is 1.87. The molecule has 2 N–H and O–H groups in total. The molecular weight excluding hydrogens is 407 g/mol. The summed E-state index contributed by atoms with van der Waals surface area (Å²) >= 11 is 0. The third-order valence-electron chi connectivity index (χ3n) is 6.19. The minimum atomic E-state index is -0.458. The van der Waals surface area contributed by atoms with Crippen molar-refractivity contribution in [1.29, 1.82) is 0 Å². The topological polar surface area (TPSA) is 88.5 Å². The van der Waals surface area contributed by atoms with E-state index in [2.05, 4.69) is 53.1 Å². The van der Waals surface area contributed by atoms with Crippen LogP contribution in [0.5, 0.6) is 0 Å². The van der Waals surface area contributed by atoms with Gasteiger partial charge < -0.3 is 10.3 Å². The minimum Gasteiger partial charge on any atom is -0.307 e. The Hall–Kier alpha value is -3.13. The highest BCUT2D eigenvalue weighted by molar-refractivity contribution is 5.84. The number of nitrogens with zero attached hydrogens (tertiary/aromatic N) is 4. The second kappa shape index (κ2) is 6.93. The number of aromatic amines is 1. The Balaban J connectivity index is 1.57. The van der Waals surface area contributed by atoms with Crippen molar-refractivity contribution < 1.29 is 4.39 Å². The van der Waals surface area contributed by atoms with Gasteiger partial charge in [0, 0.05) is 41.5 Å². The molecule has 0 spiro atoms. The van der Waals surface area contributed by atoms with Gasteiger partial charge >= 0.3 is 0 Å². The molecule has 1 aliphatic heterocycles. The van der Waals surface area contributed by atoms with Crippen LogP contribution >= 0.6 is 0 Å². The minimum absolute atomic E-state index is 0.00901. The number of hydrogen-bond donors (Lipinski definition) is 2. The number of pyridine rings is 1. The van der Waals surface area contributed by atoms with Gasteiger partial charge in [-0.25, -0.2) is 14.4 Å². The lowest BCUT2D eigenvalue weighted by Gasteiger charge is -2.46. The van der Waals surface area contributed by atoms with Gasteiger partial charge in [-0.15, -0.1) is 0 Å². The number of hydrogen-bond acceptors (Lipinski definition) is 5. The third kappa shape index (κ3) is 3.68. The van der Waals surface area contributed by atoms with E-state index in [-0.39, 0.29) is 28.0 Å². The van der Waals surface area contributed by atoms with Crippen molar-refractivity contribution in [2.45, 2.75) is 57.5 Å². The van der Waals surface area contributed by atoms with Crippen LogP contribution in [-0.4, -0.2) is 35.8 Å². The molecule has 7 nitrogen and oxygen atoms in total. The molecule has 1 aliphatic rings. The number of aryl methyl sites for hydroxylation is 1. The van der Waals surface area contributed by atoms with Gasteiger partial charge in [0.1, 0.15) is 11.3 Å². The molecule has 166 valence electrons. The predicted octanol–water partition coefficient (Wildman–Crippen LogP) is 4.04. The monoisotopic (exact) mass is 434 g/mol. The molecule has 0 aliphatic carbocycles. The van der Waals surface area contributed by atoms with Crippen molar-refractivity contribution in [3.05, 3.63) is 52.3 Å². The van der Waals surface area contributed by atoms with Crippen LogP contribution in [0.25, 0.3) is 33.3 Å². The van der Waals surface area contributed by atoms with Crippen molar-refractivity contribution >= 4 is 21.9 Å². The molecule has 0 saturated carbocycles. The highest BCUT2D eigenvalue weighted by Gasteiger charge is 2.38. The highest BCUT2D eigenvalue weighted by Crippen LogP contribution is 2.39. The maximum Gasteiger partial charge on any atom is 0.260 e. The van der Waals surface area contributed by atoms with E-state index in [1.165, 1.54) is 6.07 Å². The summed E-state index contributed by atoms with van der Waals surface area (Å²) in [5.74, 6) is 0.121. The molecule has 8 heteroatoms. The zero-order chi connectivity index (χ0) is 22.8. The lowest BCUT2D eigenvalue weighted by molar-refractivity contribution is 0.161. The van der Waals surface area contributed by atoms with E-state index in [0.29, 0.717) is 27.9 Å². The Morgan fingerprint density at radius 1 is 1.12 bits per heavy atom. The fourth-order valence-corrected chi connectivity index (χ4v) is 5.31. The lowest BCUT2D eigenvalue weighted by atomic mass is 9.73. The normalized spacial score (nSPS) is 18.4. The highest BCUT2D eigenvalue weighted by atomic mass is 19.1. The maximum absolute atomic E-state index is 14.5. The van der Waals surface area contributed by atoms with Crippen molar-refractivity contribution in [3.63, 3.8) is 0 Å². The summed E-state index contributed by atoms with van der Waals surface area (Å²) in [5, 5.41) is 8.90. The van der Waals surface area contributed by atoms with Crippen LogP contribution in [0.15, 0.2) is 35.4 Å². The second-order valence-electron chi connectivity index (χ2n) is 10.3. The molecule has 32 heavy (non-hydrogen) atoms. The number of aromatic nitrogens is 5. The summed E-state index contributed by atoms with van der Waals surface area (Å²) in [6.07, 6.45) is 5.47. The summed E-state index contributed by atoms with van der Waals surface area (Å²) < 4.78 is 16.1. The Labute approximate surface area is 185 Å². The summed E-state index contributed by atoms with van der Waals surface area (Å²) in [4.78, 5) is 24.8. The molecule has 0 bridgehead atoms. The molecule has 0 atom stereocenters. The van der Waals surface area contributed by atoms with Crippen LogP contribution < -0.4 is 10.9 Å². The molecule has 4 heterocycles. The standard InChI is InChI=1S/C24H27FN6O/c1-23(2)9-16(10-24(3,4)30-23)14-7-17-21(26-11-14)27-20(28-22(17)32)13-6-15-12-31(5)29-19(15)18(25)8-13/h6-8,11-12,16,30H,9-10H2,1-5H3,(H,26,27,28,32). The van der Waals surface area contributed by atoms with Crippen LogP contribution in [-0.2, 0) is 7.05 Å². The molecule has 1 saturated heterocycles. The van der Waals surface area contributed by atoms with Crippen LogP contribution in [0, 0.1) is 5.82 Å². The molecule has 3 aromatic heterocycles. The Kier molecular flexibility index (Phi) is 4.50. The van der Waals surface area contributed by atoms with Gasteiger partial charge in [-0.05, 0) is 70.2 Å². The Morgan fingerprint density at radius 2 is 1.84 bits per heavy atom. The van der Waals surface area contributed by atoms with Gasteiger partial charge in [-0.2, -0.15) is 5.10 Å². The van der Waals surface area contributed by atoms with E-state index < -0.39 is 5.82 Å². The first-order chi connectivity index (χ1) is 15.0. The van der Waals surface area contributed by atoms with Gasteiger partial charge in [0.15, 0.2) is 11.5 Å². The Bertz CT molecular complexity index is 1400. The van der Waals surface area contributed by atoms with E-state index in [0.717, 1.165) is 18.4 Å². The first-order valence-electron chi connectivity index (χ1n) is 10.8. The van der Waals surface area contributed by atoms with Crippen LogP contribution in [0.1, 0.15) is 52.0 Å². The average Bonchev–Trinajstić information content (AvgIpc) is 3.06. The van der Waals surface area contributed by atoms with Gasteiger partial charge in [-0.1, -0.05) is 0 Å². The molecule has 4 aromatic rings. The lowest BCUT2D eigenvalue weighted by Crippen LogP contribution is -2.57. The molecule has 1 aromatic carbocycles. The van der Waals surface area contributed by atoms with Crippen LogP contribution in [0.2, 0.25) is 0 Å². The average molecular weight is 435 g/mol. The van der Waals surface area contributed by atoms with Crippen LogP contribution in [0.4, 0.5) is 4.39 Å². The maximum atomic E-state index is 14.5. The van der Waals surface area contributed by atoms with Crippen molar-refractivity contribution in [2.75, 3.05) is 0 Å². The van der Waals surface area contributed by atoms with Gasteiger partial charge in [0.05, 0.1) is 5.39 Å². The number of benzene rings is 1. The summed E-state index contributed by atoms with van der Waals surface area (Å²) in [6.45, 7) is 8.81. The predicted molar refractivity (Wildman–Crippen MR) is 123 cm³/mol. The molecular formula is C24H27FN6O. The molecule has 5 rings (SSSR count). The van der Waals surface area contributed by atoms with Crippen molar-refractivity contribution in [1.82, 2.24) is 30.0 Å². The number of nitrogens with one attached hydrogen (secondary N) is 2. The van der Waals surface area contributed by atoms with Crippen molar-refractivity contribution in [2.24, 2.45) is 7.05 Å². The first-order valence-corrected chi connectivity index (χ1v) is 10.8. The number of fused-ring (bicyclic) bond motifs is 2. The number of piperidine rings is 1. The number of rotatable bonds is 2. The van der Waals surface area contributed by atoms with Gasteiger partial charge in [0.2, 0.25) is 0 Å².